The Balaban J connectivity index is 1.53. The van der Waals surface area contributed by atoms with Gasteiger partial charge >= 0.3 is 5.97 Å². The van der Waals surface area contributed by atoms with E-state index in [-0.39, 0.29) is 11.6 Å². The van der Waals surface area contributed by atoms with Crippen LogP contribution in [0.4, 0.5) is 0 Å². The first-order chi connectivity index (χ1) is 14.1. The van der Waals surface area contributed by atoms with Gasteiger partial charge in [0.25, 0.3) is 0 Å². The van der Waals surface area contributed by atoms with E-state index in [0.717, 1.165) is 11.1 Å². The van der Waals surface area contributed by atoms with Gasteiger partial charge in [0.1, 0.15) is 12.4 Å². The van der Waals surface area contributed by atoms with Crippen LogP contribution in [0.2, 0.25) is 5.02 Å². The highest BCUT2D eigenvalue weighted by atomic mass is 35.5. The summed E-state index contributed by atoms with van der Waals surface area (Å²) in [6.07, 6.45) is 1.67. The first-order valence-corrected chi connectivity index (χ1v) is 9.52. The maximum absolute atomic E-state index is 12.2. The summed E-state index contributed by atoms with van der Waals surface area (Å²) in [5.74, 6) is 0.409. The largest absolute Gasteiger partial charge is 0.489 e. The second-order valence-corrected chi connectivity index (χ2v) is 7.07. The molecular weight excluding hydrogens is 386 g/mol. The molecule has 1 heterocycles. The van der Waals surface area contributed by atoms with Crippen LogP contribution in [0, 0.1) is 6.92 Å². The van der Waals surface area contributed by atoms with Crippen LogP contribution in [-0.4, -0.2) is 11.9 Å². The fourth-order valence-corrected chi connectivity index (χ4v) is 3.20. The van der Waals surface area contributed by atoms with E-state index < -0.39 is 5.97 Å². The van der Waals surface area contributed by atoms with Crippen molar-refractivity contribution in [3.63, 3.8) is 0 Å². The normalized spacial score (nSPS) is 14.6. The van der Waals surface area contributed by atoms with Gasteiger partial charge in [-0.15, -0.1) is 0 Å². The lowest BCUT2D eigenvalue weighted by Gasteiger charge is -2.07. The van der Waals surface area contributed by atoms with Gasteiger partial charge in [-0.25, -0.2) is 9.79 Å². The maximum atomic E-state index is 12.2. The number of cyclic esters (lactones) is 1. The molecule has 1 aliphatic rings. The molecule has 0 amide bonds. The van der Waals surface area contributed by atoms with Gasteiger partial charge in [0.05, 0.1) is 10.6 Å². The Hall–Kier alpha value is -3.37. The number of nitrogens with zero attached hydrogens (tertiary/aromatic N) is 1. The minimum Gasteiger partial charge on any atom is -0.489 e. The van der Waals surface area contributed by atoms with Crippen molar-refractivity contribution in [1.29, 1.82) is 0 Å². The van der Waals surface area contributed by atoms with E-state index in [1.807, 2.05) is 61.5 Å². The second-order valence-electron chi connectivity index (χ2n) is 6.67. The SMILES string of the molecule is Cc1cccc(COc2cccc(/C=C3\N=C(c4ccccc4Cl)OC3=O)c2)c1. The average Bonchev–Trinajstić information content (AvgIpc) is 3.07. The Bertz CT molecular complexity index is 1130. The predicted octanol–water partition coefficient (Wildman–Crippen LogP) is 5.57. The number of esters is 1. The summed E-state index contributed by atoms with van der Waals surface area (Å²) in [5.41, 5.74) is 3.89. The number of hydrogen-bond acceptors (Lipinski definition) is 4. The molecule has 0 fully saturated rings. The molecule has 0 unspecified atom stereocenters. The third-order valence-electron chi connectivity index (χ3n) is 4.37. The minimum absolute atomic E-state index is 0.207. The van der Waals surface area contributed by atoms with Crippen molar-refractivity contribution in [1.82, 2.24) is 0 Å². The summed E-state index contributed by atoms with van der Waals surface area (Å²) >= 11 is 6.17. The molecule has 3 aromatic carbocycles. The van der Waals surface area contributed by atoms with Gasteiger partial charge in [-0.05, 0) is 48.4 Å². The van der Waals surface area contributed by atoms with Gasteiger partial charge in [0.15, 0.2) is 5.70 Å². The minimum atomic E-state index is -0.508. The van der Waals surface area contributed by atoms with Crippen molar-refractivity contribution in [2.24, 2.45) is 4.99 Å². The van der Waals surface area contributed by atoms with Crippen LogP contribution in [0.3, 0.4) is 0 Å². The van der Waals surface area contributed by atoms with Gasteiger partial charge in [-0.2, -0.15) is 0 Å². The van der Waals surface area contributed by atoms with Crippen molar-refractivity contribution in [3.8, 4) is 5.75 Å². The number of hydrogen-bond donors (Lipinski definition) is 0. The highest BCUT2D eigenvalue weighted by Crippen LogP contribution is 2.24. The lowest BCUT2D eigenvalue weighted by molar-refractivity contribution is -0.129. The molecule has 4 rings (SSSR count). The van der Waals surface area contributed by atoms with E-state index in [2.05, 4.69) is 11.1 Å². The van der Waals surface area contributed by atoms with Gasteiger partial charge in [0, 0.05) is 0 Å². The smallest absolute Gasteiger partial charge is 0.363 e. The zero-order valence-corrected chi connectivity index (χ0v) is 16.5. The lowest BCUT2D eigenvalue weighted by Crippen LogP contribution is -2.05. The molecule has 0 saturated carbocycles. The third kappa shape index (κ3) is 4.55. The number of rotatable bonds is 5. The van der Waals surface area contributed by atoms with Crippen molar-refractivity contribution >= 4 is 29.5 Å². The van der Waals surface area contributed by atoms with E-state index in [4.69, 9.17) is 21.1 Å². The number of aryl methyl sites for hydroxylation is 1. The van der Waals surface area contributed by atoms with Crippen LogP contribution < -0.4 is 4.74 Å². The van der Waals surface area contributed by atoms with Crippen molar-refractivity contribution in [2.75, 3.05) is 0 Å². The predicted molar refractivity (Wildman–Crippen MR) is 114 cm³/mol. The summed E-state index contributed by atoms with van der Waals surface area (Å²) in [6.45, 7) is 2.52. The molecule has 3 aromatic rings. The number of benzene rings is 3. The van der Waals surface area contributed by atoms with E-state index in [1.165, 1.54) is 5.56 Å². The van der Waals surface area contributed by atoms with Crippen molar-refractivity contribution in [3.05, 3.63) is 106 Å². The van der Waals surface area contributed by atoms with E-state index in [0.29, 0.717) is 22.9 Å². The number of halogens is 1. The number of aliphatic imine (C=N–C) groups is 1. The Morgan fingerprint density at radius 1 is 1.03 bits per heavy atom. The maximum Gasteiger partial charge on any atom is 0.363 e. The van der Waals surface area contributed by atoms with Crippen LogP contribution in [0.5, 0.6) is 5.75 Å². The van der Waals surface area contributed by atoms with E-state index >= 15 is 0 Å². The van der Waals surface area contributed by atoms with Gasteiger partial charge in [-0.3, -0.25) is 0 Å². The molecule has 144 valence electrons. The van der Waals surface area contributed by atoms with Gasteiger partial charge in [0.2, 0.25) is 5.90 Å². The molecule has 0 aliphatic carbocycles. The summed E-state index contributed by atoms with van der Waals surface area (Å²) in [5, 5.41) is 0.479. The summed E-state index contributed by atoms with van der Waals surface area (Å²) < 4.78 is 11.2. The van der Waals surface area contributed by atoms with Gasteiger partial charge < -0.3 is 9.47 Å². The Labute approximate surface area is 174 Å². The fraction of sp³-hybridized carbons (Fsp3) is 0.0833. The van der Waals surface area contributed by atoms with E-state index in [1.54, 1.807) is 18.2 Å². The summed E-state index contributed by atoms with van der Waals surface area (Å²) in [6, 6.07) is 22.8. The fourth-order valence-electron chi connectivity index (χ4n) is 2.98. The monoisotopic (exact) mass is 403 g/mol. The first kappa shape index (κ1) is 19.0. The number of ether oxygens (including phenoxy) is 2. The Morgan fingerprint density at radius 3 is 2.69 bits per heavy atom. The molecule has 0 atom stereocenters. The summed E-state index contributed by atoms with van der Waals surface area (Å²) in [7, 11) is 0. The molecular formula is C24H18ClNO3. The van der Waals surface area contributed by atoms with E-state index in [9.17, 15) is 4.79 Å². The Morgan fingerprint density at radius 2 is 1.86 bits per heavy atom. The van der Waals surface area contributed by atoms with Crippen molar-refractivity contribution < 1.29 is 14.3 Å². The molecule has 29 heavy (non-hydrogen) atoms. The van der Waals surface area contributed by atoms with Gasteiger partial charge in [-0.1, -0.05) is 65.7 Å². The lowest BCUT2D eigenvalue weighted by atomic mass is 10.1. The average molecular weight is 404 g/mol. The number of carbonyl (C=O) groups is 1. The molecule has 0 spiro atoms. The zero-order chi connectivity index (χ0) is 20.2. The summed E-state index contributed by atoms with van der Waals surface area (Å²) in [4.78, 5) is 16.5. The highest BCUT2D eigenvalue weighted by molar-refractivity contribution is 6.34. The zero-order valence-electron chi connectivity index (χ0n) is 15.8. The molecule has 0 N–H and O–H groups in total. The molecule has 0 saturated heterocycles. The quantitative estimate of drug-likeness (QED) is 0.413. The topological polar surface area (TPSA) is 47.9 Å². The highest BCUT2D eigenvalue weighted by Gasteiger charge is 2.25. The second kappa shape index (κ2) is 8.33. The number of carbonyl (C=O) groups excluding carboxylic acids is 1. The van der Waals surface area contributed by atoms with Crippen LogP contribution in [-0.2, 0) is 16.1 Å². The Kier molecular flexibility index (Phi) is 5.45. The third-order valence-corrected chi connectivity index (χ3v) is 4.70. The molecule has 4 nitrogen and oxygen atoms in total. The standard InChI is InChI=1S/C24H18ClNO3/c1-16-6-4-8-18(12-16)15-28-19-9-5-7-17(13-19)14-22-24(27)29-23(26-22)20-10-2-3-11-21(20)25/h2-14H,15H2,1H3/b22-14-. The van der Waals surface area contributed by atoms with Crippen LogP contribution in [0.1, 0.15) is 22.3 Å². The molecule has 0 bridgehead atoms. The van der Waals surface area contributed by atoms with Crippen molar-refractivity contribution in [2.45, 2.75) is 13.5 Å². The van der Waals surface area contributed by atoms with Crippen LogP contribution in [0.25, 0.3) is 6.08 Å². The van der Waals surface area contributed by atoms with Crippen LogP contribution in [0.15, 0.2) is 83.5 Å². The first-order valence-electron chi connectivity index (χ1n) is 9.14. The van der Waals surface area contributed by atoms with Crippen LogP contribution >= 0.6 is 11.6 Å². The molecule has 1 aliphatic heterocycles. The molecule has 0 aromatic heterocycles. The molecule has 0 radical (unpaired) electrons. The molecule has 5 heteroatoms.